The number of aliphatic carboxylic acids is 1. The van der Waals surface area contributed by atoms with Gasteiger partial charge in [0.15, 0.2) is 17.5 Å². The third-order valence-electron chi connectivity index (χ3n) is 2.26. The number of halogens is 3. The summed E-state index contributed by atoms with van der Waals surface area (Å²) < 4.78 is 38.4. The molecule has 0 unspecified atom stereocenters. The monoisotopic (exact) mass is 261 g/mol. The zero-order valence-corrected chi connectivity index (χ0v) is 9.34. The summed E-state index contributed by atoms with van der Waals surface area (Å²) in [4.78, 5) is 22.2. The molecule has 0 aliphatic carbocycles. The molecule has 4 nitrogen and oxygen atoms in total. The second-order valence-electron chi connectivity index (χ2n) is 3.53. The van der Waals surface area contributed by atoms with Crippen LogP contribution in [0.2, 0.25) is 0 Å². The van der Waals surface area contributed by atoms with Crippen molar-refractivity contribution in [3.8, 4) is 0 Å². The van der Waals surface area contributed by atoms with E-state index in [4.69, 9.17) is 5.11 Å². The van der Waals surface area contributed by atoms with Gasteiger partial charge in [0, 0.05) is 5.56 Å². The van der Waals surface area contributed by atoms with Crippen LogP contribution >= 0.6 is 0 Å². The minimum absolute atomic E-state index is 0.104. The maximum atomic E-state index is 12.9. The van der Waals surface area contributed by atoms with Crippen LogP contribution in [0.1, 0.15) is 23.7 Å². The van der Waals surface area contributed by atoms with Gasteiger partial charge in [-0.25, -0.2) is 18.0 Å². The molecule has 0 radical (unpaired) electrons. The highest BCUT2D eigenvalue weighted by atomic mass is 19.2. The molecule has 7 heteroatoms. The van der Waals surface area contributed by atoms with Gasteiger partial charge in [-0.2, -0.15) is 0 Å². The van der Waals surface area contributed by atoms with E-state index in [1.54, 1.807) is 0 Å². The van der Waals surface area contributed by atoms with Crippen molar-refractivity contribution in [3.05, 3.63) is 35.1 Å². The van der Waals surface area contributed by atoms with Gasteiger partial charge in [0.1, 0.15) is 6.04 Å². The highest BCUT2D eigenvalue weighted by Crippen LogP contribution is 2.13. The molecule has 1 amide bonds. The summed E-state index contributed by atoms with van der Waals surface area (Å²) in [6.07, 6.45) is 0.104. The number of hydrogen-bond donors (Lipinski definition) is 2. The van der Waals surface area contributed by atoms with Gasteiger partial charge in [0.05, 0.1) is 0 Å². The first kappa shape index (κ1) is 14.0. The lowest BCUT2D eigenvalue weighted by atomic mass is 10.1. The smallest absolute Gasteiger partial charge is 0.326 e. The average molecular weight is 261 g/mol. The van der Waals surface area contributed by atoms with Crippen LogP contribution in [0.4, 0.5) is 13.2 Å². The molecule has 18 heavy (non-hydrogen) atoms. The van der Waals surface area contributed by atoms with Crippen LogP contribution in [0.25, 0.3) is 0 Å². The van der Waals surface area contributed by atoms with Crippen molar-refractivity contribution in [3.63, 3.8) is 0 Å². The van der Waals surface area contributed by atoms with Gasteiger partial charge in [0.2, 0.25) is 0 Å². The van der Waals surface area contributed by atoms with Crippen molar-refractivity contribution in [1.82, 2.24) is 5.32 Å². The Morgan fingerprint density at radius 1 is 1.28 bits per heavy atom. The van der Waals surface area contributed by atoms with Gasteiger partial charge in [0.25, 0.3) is 5.91 Å². The fourth-order valence-corrected chi connectivity index (χ4v) is 1.27. The molecule has 1 atom stereocenters. The van der Waals surface area contributed by atoms with Gasteiger partial charge in [-0.3, -0.25) is 4.79 Å². The van der Waals surface area contributed by atoms with Crippen LogP contribution in [0.3, 0.4) is 0 Å². The van der Waals surface area contributed by atoms with Crippen molar-refractivity contribution in [2.45, 2.75) is 19.4 Å². The molecule has 0 heterocycles. The number of hydrogen-bond acceptors (Lipinski definition) is 2. The SMILES string of the molecule is CC[C@@H](NC(=O)c1cc(F)c(F)c(F)c1)C(=O)O. The van der Waals surface area contributed by atoms with Gasteiger partial charge >= 0.3 is 5.97 Å². The molecule has 0 fully saturated rings. The van der Waals surface area contributed by atoms with Crippen molar-refractivity contribution in [2.24, 2.45) is 0 Å². The van der Waals surface area contributed by atoms with Gasteiger partial charge in [-0.15, -0.1) is 0 Å². The van der Waals surface area contributed by atoms with E-state index in [9.17, 15) is 22.8 Å². The summed E-state index contributed by atoms with van der Waals surface area (Å²) >= 11 is 0. The topological polar surface area (TPSA) is 66.4 Å². The number of carboxylic acid groups (broad SMARTS) is 1. The maximum Gasteiger partial charge on any atom is 0.326 e. The molecular weight excluding hydrogens is 251 g/mol. The predicted octanol–water partition coefficient (Wildman–Crippen LogP) is 1.70. The Morgan fingerprint density at radius 2 is 1.78 bits per heavy atom. The molecule has 0 bridgehead atoms. The van der Waals surface area contributed by atoms with Gasteiger partial charge < -0.3 is 10.4 Å². The van der Waals surface area contributed by atoms with Crippen molar-refractivity contribution in [1.29, 1.82) is 0 Å². The first-order chi connectivity index (χ1) is 8.36. The Bertz CT molecular complexity index is 467. The summed E-state index contributed by atoms with van der Waals surface area (Å²) in [5.41, 5.74) is -0.480. The number of carbonyl (C=O) groups is 2. The third kappa shape index (κ3) is 2.99. The second kappa shape index (κ2) is 5.52. The molecule has 1 rings (SSSR count). The molecule has 1 aromatic rings. The van der Waals surface area contributed by atoms with E-state index in [2.05, 4.69) is 5.32 Å². The second-order valence-corrected chi connectivity index (χ2v) is 3.53. The standard InChI is InChI=1S/C11H10F3NO3/c1-2-8(11(17)18)15-10(16)5-3-6(12)9(14)7(13)4-5/h3-4,8H,2H2,1H3,(H,15,16)(H,17,18)/t8-/m1/s1. The van der Waals surface area contributed by atoms with Crippen LogP contribution < -0.4 is 5.32 Å². The Morgan fingerprint density at radius 3 is 2.17 bits per heavy atom. The fourth-order valence-electron chi connectivity index (χ4n) is 1.27. The minimum atomic E-state index is -1.68. The quantitative estimate of drug-likeness (QED) is 0.810. The third-order valence-corrected chi connectivity index (χ3v) is 2.26. The number of carboxylic acids is 1. The Kier molecular flexibility index (Phi) is 4.30. The van der Waals surface area contributed by atoms with Crippen LogP contribution in [-0.4, -0.2) is 23.0 Å². The molecule has 2 N–H and O–H groups in total. The van der Waals surface area contributed by atoms with E-state index in [0.717, 1.165) is 0 Å². The van der Waals surface area contributed by atoms with Crippen molar-refractivity contribution in [2.75, 3.05) is 0 Å². The summed E-state index contributed by atoms with van der Waals surface area (Å²) in [5.74, 6) is -6.96. The van der Waals surface area contributed by atoms with Gasteiger partial charge in [-0.05, 0) is 18.6 Å². The fraction of sp³-hybridized carbons (Fsp3) is 0.273. The van der Waals surface area contributed by atoms with Crippen molar-refractivity contribution >= 4 is 11.9 Å². The Balaban J connectivity index is 2.94. The number of rotatable bonds is 4. The lowest BCUT2D eigenvalue weighted by molar-refractivity contribution is -0.139. The molecule has 98 valence electrons. The van der Waals surface area contributed by atoms with E-state index in [0.29, 0.717) is 12.1 Å². The zero-order chi connectivity index (χ0) is 13.9. The lowest BCUT2D eigenvalue weighted by Gasteiger charge is -2.12. The zero-order valence-electron chi connectivity index (χ0n) is 9.34. The van der Waals surface area contributed by atoms with E-state index in [1.807, 2.05) is 0 Å². The Hall–Kier alpha value is -2.05. The lowest BCUT2D eigenvalue weighted by Crippen LogP contribution is -2.40. The van der Waals surface area contributed by atoms with Crippen LogP contribution in [-0.2, 0) is 4.79 Å². The van der Waals surface area contributed by atoms with E-state index >= 15 is 0 Å². The molecule has 0 saturated carbocycles. The number of nitrogens with one attached hydrogen (secondary N) is 1. The highest BCUT2D eigenvalue weighted by molar-refractivity contribution is 5.96. The number of amides is 1. The molecular formula is C11H10F3NO3. The first-order valence-electron chi connectivity index (χ1n) is 5.05. The number of benzene rings is 1. The molecule has 0 aromatic heterocycles. The van der Waals surface area contributed by atoms with Crippen molar-refractivity contribution < 1.29 is 27.9 Å². The van der Waals surface area contributed by atoms with E-state index in [1.165, 1.54) is 6.92 Å². The highest BCUT2D eigenvalue weighted by Gasteiger charge is 2.20. The molecule has 0 saturated heterocycles. The van der Waals surface area contributed by atoms with E-state index in [-0.39, 0.29) is 6.42 Å². The molecule has 0 aliphatic heterocycles. The van der Waals surface area contributed by atoms with Gasteiger partial charge in [-0.1, -0.05) is 6.92 Å². The van der Waals surface area contributed by atoms with Crippen LogP contribution in [0.5, 0.6) is 0 Å². The minimum Gasteiger partial charge on any atom is -0.480 e. The average Bonchev–Trinajstić information content (AvgIpc) is 2.31. The first-order valence-corrected chi connectivity index (χ1v) is 5.05. The summed E-state index contributed by atoms with van der Waals surface area (Å²) in [7, 11) is 0. The maximum absolute atomic E-state index is 12.9. The van der Waals surface area contributed by atoms with E-state index < -0.39 is 40.9 Å². The predicted molar refractivity (Wildman–Crippen MR) is 55.5 cm³/mol. The Labute approximate surface area is 100 Å². The van der Waals surface area contributed by atoms with Crippen LogP contribution in [0.15, 0.2) is 12.1 Å². The summed E-state index contributed by atoms with van der Waals surface area (Å²) in [5, 5.41) is 10.8. The van der Waals surface area contributed by atoms with Crippen LogP contribution in [0, 0.1) is 17.5 Å². The molecule has 0 spiro atoms. The summed E-state index contributed by atoms with van der Waals surface area (Å²) in [6, 6.07) is -0.168. The molecule has 1 aromatic carbocycles. The number of carbonyl (C=O) groups excluding carboxylic acids is 1. The summed E-state index contributed by atoms with van der Waals surface area (Å²) in [6.45, 7) is 1.52. The normalized spacial score (nSPS) is 12.0. The molecule has 0 aliphatic rings. The largest absolute Gasteiger partial charge is 0.480 e.